The van der Waals surface area contributed by atoms with Gasteiger partial charge < -0.3 is 0 Å². The second-order valence-corrected chi connectivity index (χ2v) is 7.70. The molecule has 3 rings (SSSR count). The van der Waals surface area contributed by atoms with Gasteiger partial charge in [0.15, 0.2) is 0 Å². The molecule has 1 heterocycles. The van der Waals surface area contributed by atoms with E-state index in [-0.39, 0.29) is 10.4 Å². The third-order valence-corrected chi connectivity index (χ3v) is 5.58. The maximum atomic E-state index is 12.4. The largest absolute Gasteiger partial charge is 0.272 e. The first-order valence-corrected chi connectivity index (χ1v) is 9.84. The smallest absolute Gasteiger partial charge is 0.255 e. The lowest BCUT2D eigenvalue weighted by Crippen LogP contribution is -2.35. The Bertz CT molecular complexity index is 1080. The van der Waals surface area contributed by atoms with Crippen molar-refractivity contribution in [2.75, 3.05) is 6.54 Å². The predicted octanol–water partition coefficient (Wildman–Crippen LogP) is 1.77. The SMILES string of the molecule is O=C(CNS(=O)(=O)c1cccc2nsnc12)N/N=C/c1ccccc1Cl. The Hall–Kier alpha value is -2.40. The number of amides is 1. The molecule has 2 N–H and O–H groups in total. The quantitative estimate of drug-likeness (QED) is 0.475. The van der Waals surface area contributed by atoms with Crippen LogP contribution < -0.4 is 10.1 Å². The molecule has 0 spiro atoms. The molecule has 0 aliphatic carbocycles. The van der Waals surface area contributed by atoms with Gasteiger partial charge in [0.1, 0.15) is 15.9 Å². The maximum Gasteiger partial charge on any atom is 0.255 e. The molecule has 1 aromatic heterocycles. The third-order valence-electron chi connectivity index (χ3n) is 3.26. The summed E-state index contributed by atoms with van der Waals surface area (Å²) in [6.07, 6.45) is 1.37. The van der Waals surface area contributed by atoms with Crippen LogP contribution in [0.1, 0.15) is 5.56 Å². The number of aromatic nitrogens is 2. The van der Waals surface area contributed by atoms with E-state index in [4.69, 9.17) is 11.6 Å². The van der Waals surface area contributed by atoms with Crippen molar-refractivity contribution in [1.29, 1.82) is 0 Å². The van der Waals surface area contributed by atoms with E-state index < -0.39 is 22.5 Å². The van der Waals surface area contributed by atoms with Gasteiger partial charge >= 0.3 is 0 Å². The standard InChI is InChI=1S/C15H12ClN5O3S2/c16-11-5-2-1-4-10(11)8-17-19-14(22)9-18-26(23,24)13-7-3-6-12-15(13)21-25-20-12/h1-8,18H,9H2,(H,19,22)/b17-8+. The molecule has 1 amide bonds. The molecule has 134 valence electrons. The molecule has 0 aliphatic heterocycles. The Morgan fingerprint density at radius 2 is 2.00 bits per heavy atom. The van der Waals surface area contributed by atoms with Crippen molar-refractivity contribution in [3.63, 3.8) is 0 Å². The number of carbonyl (C=O) groups excluding carboxylic acids is 1. The third kappa shape index (κ3) is 4.22. The number of rotatable bonds is 6. The molecule has 26 heavy (non-hydrogen) atoms. The van der Waals surface area contributed by atoms with Crippen molar-refractivity contribution in [1.82, 2.24) is 18.9 Å². The molecule has 2 aromatic carbocycles. The van der Waals surface area contributed by atoms with Gasteiger partial charge in [0.2, 0.25) is 10.0 Å². The minimum absolute atomic E-state index is 0.0314. The van der Waals surface area contributed by atoms with Gasteiger partial charge in [0, 0.05) is 10.6 Å². The molecule has 0 unspecified atom stereocenters. The van der Waals surface area contributed by atoms with E-state index in [1.54, 1.807) is 36.4 Å². The molecule has 0 aliphatic rings. The van der Waals surface area contributed by atoms with Gasteiger partial charge in [-0.05, 0) is 18.2 Å². The number of hydrazone groups is 1. The summed E-state index contributed by atoms with van der Waals surface area (Å²) >= 11 is 6.88. The summed E-state index contributed by atoms with van der Waals surface area (Å²) in [6.45, 7) is -0.476. The molecule has 0 saturated heterocycles. The molecular weight excluding hydrogens is 398 g/mol. The van der Waals surface area contributed by atoms with E-state index in [9.17, 15) is 13.2 Å². The van der Waals surface area contributed by atoms with E-state index in [0.29, 0.717) is 16.1 Å². The van der Waals surface area contributed by atoms with Gasteiger partial charge in [0.05, 0.1) is 24.5 Å². The molecule has 0 atom stereocenters. The van der Waals surface area contributed by atoms with Gasteiger partial charge in [0.25, 0.3) is 5.91 Å². The maximum absolute atomic E-state index is 12.4. The lowest BCUT2D eigenvalue weighted by molar-refractivity contribution is -0.119. The second kappa shape index (κ2) is 7.87. The summed E-state index contributed by atoms with van der Waals surface area (Å²) < 4.78 is 34.9. The van der Waals surface area contributed by atoms with Gasteiger partial charge in [-0.1, -0.05) is 35.9 Å². The molecule has 3 aromatic rings. The van der Waals surface area contributed by atoms with Crippen molar-refractivity contribution in [3.8, 4) is 0 Å². The van der Waals surface area contributed by atoms with Crippen molar-refractivity contribution >= 4 is 56.5 Å². The fraction of sp³-hybridized carbons (Fsp3) is 0.0667. The molecule has 0 fully saturated rings. The number of nitrogens with one attached hydrogen (secondary N) is 2. The van der Waals surface area contributed by atoms with Crippen LogP contribution in [-0.4, -0.2) is 35.8 Å². The van der Waals surface area contributed by atoms with Crippen LogP contribution in [0.3, 0.4) is 0 Å². The molecule has 11 heteroatoms. The molecule has 0 bridgehead atoms. The van der Waals surface area contributed by atoms with Crippen molar-refractivity contribution in [3.05, 3.63) is 53.1 Å². The highest BCUT2D eigenvalue weighted by Gasteiger charge is 2.20. The van der Waals surface area contributed by atoms with Crippen LogP contribution in [-0.2, 0) is 14.8 Å². The van der Waals surface area contributed by atoms with Crippen LogP contribution >= 0.6 is 23.3 Å². The lowest BCUT2D eigenvalue weighted by atomic mass is 10.2. The Balaban J connectivity index is 1.62. The number of hydrogen-bond acceptors (Lipinski definition) is 7. The van der Waals surface area contributed by atoms with E-state index in [1.165, 1.54) is 12.3 Å². The summed E-state index contributed by atoms with van der Waals surface area (Å²) in [5, 5.41) is 4.24. The molecule has 8 nitrogen and oxygen atoms in total. The summed E-state index contributed by atoms with van der Waals surface area (Å²) in [7, 11) is -3.92. The number of sulfonamides is 1. The number of halogens is 1. The van der Waals surface area contributed by atoms with Crippen molar-refractivity contribution in [2.24, 2.45) is 5.10 Å². The van der Waals surface area contributed by atoms with E-state index in [1.807, 2.05) is 0 Å². The zero-order valence-electron chi connectivity index (χ0n) is 13.1. The summed E-state index contributed by atoms with van der Waals surface area (Å²) in [5.41, 5.74) is 3.60. The highest BCUT2D eigenvalue weighted by atomic mass is 35.5. The number of hydrogen-bond donors (Lipinski definition) is 2. The van der Waals surface area contributed by atoms with E-state index >= 15 is 0 Å². The topological polar surface area (TPSA) is 113 Å². The Morgan fingerprint density at radius 3 is 2.81 bits per heavy atom. The molecular formula is C15H12ClN5O3S2. The summed E-state index contributed by atoms with van der Waals surface area (Å²) in [5.74, 6) is -0.625. The molecule has 0 saturated carbocycles. The number of nitrogens with zero attached hydrogens (tertiary/aromatic N) is 3. The normalized spacial score (nSPS) is 11.9. The van der Waals surface area contributed by atoms with Crippen molar-refractivity contribution in [2.45, 2.75) is 4.90 Å². The number of benzene rings is 2. The lowest BCUT2D eigenvalue weighted by Gasteiger charge is -2.06. The predicted molar refractivity (Wildman–Crippen MR) is 99.8 cm³/mol. The first-order chi connectivity index (χ1) is 12.5. The van der Waals surface area contributed by atoms with Gasteiger partial charge in [-0.15, -0.1) is 0 Å². The van der Waals surface area contributed by atoms with Gasteiger partial charge in [-0.25, -0.2) is 18.6 Å². The van der Waals surface area contributed by atoms with E-state index in [2.05, 4.69) is 24.0 Å². The molecule has 0 radical (unpaired) electrons. The van der Waals surface area contributed by atoms with Crippen LogP contribution in [0.2, 0.25) is 5.02 Å². The first kappa shape index (κ1) is 18.4. The highest BCUT2D eigenvalue weighted by molar-refractivity contribution is 7.89. The van der Waals surface area contributed by atoms with Crippen LogP contribution in [0.5, 0.6) is 0 Å². The van der Waals surface area contributed by atoms with Crippen LogP contribution in [0.4, 0.5) is 0 Å². The Kier molecular flexibility index (Phi) is 5.57. The Morgan fingerprint density at radius 1 is 1.19 bits per heavy atom. The second-order valence-electron chi connectivity index (χ2n) is 5.03. The van der Waals surface area contributed by atoms with Crippen LogP contribution in [0.25, 0.3) is 11.0 Å². The minimum atomic E-state index is -3.92. The average molecular weight is 410 g/mol. The highest BCUT2D eigenvalue weighted by Crippen LogP contribution is 2.20. The zero-order valence-corrected chi connectivity index (χ0v) is 15.5. The Labute approximate surface area is 158 Å². The minimum Gasteiger partial charge on any atom is -0.272 e. The fourth-order valence-corrected chi connectivity index (χ4v) is 3.96. The number of carbonyl (C=O) groups is 1. The van der Waals surface area contributed by atoms with Gasteiger partial charge in [-0.3, -0.25) is 4.79 Å². The summed E-state index contributed by atoms with van der Waals surface area (Å²) in [4.78, 5) is 11.8. The summed E-state index contributed by atoms with van der Waals surface area (Å²) in [6, 6.07) is 11.6. The fourth-order valence-electron chi connectivity index (χ4n) is 2.03. The van der Waals surface area contributed by atoms with Gasteiger partial charge in [-0.2, -0.15) is 13.8 Å². The zero-order chi connectivity index (χ0) is 18.6. The first-order valence-electron chi connectivity index (χ1n) is 7.25. The van der Waals surface area contributed by atoms with Crippen LogP contribution in [0.15, 0.2) is 52.5 Å². The van der Waals surface area contributed by atoms with Crippen molar-refractivity contribution < 1.29 is 13.2 Å². The van der Waals surface area contributed by atoms with E-state index in [0.717, 1.165) is 11.7 Å². The number of fused-ring (bicyclic) bond motifs is 1. The monoisotopic (exact) mass is 409 g/mol. The van der Waals surface area contributed by atoms with Crippen LogP contribution in [0, 0.1) is 0 Å². The average Bonchev–Trinajstić information content (AvgIpc) is 3.10.